The summed E-state index contributed by atoms with van der Waals surface area (Å²) in [7, 11) is 0. The molecule has 0 spiro atoms. The summed E-state index contributed by atoms with van der Waals surface area (Å²) >= 11 is 1.10. The van der Waals surface area contributed by atoms with Gasteiger partial charge in [0.05, 0.1) is 12.2 Å². The Labute approximate surface area is 107 Å². The van der Waals surface area contributed by atoms with Gasteiger partial charge in [0.2, 0.25) is 0 Å². The van der Waals surface area contributed by atoms with Crippen molar-refractivity contribution in [1.82, 2.24) is 14.3 Å². The highest BCUT2D eigenvalue weighted by Crippen LogP contribution is 2.26. The van der Waals surface area contributed by atoms with Crippen LogP contribution in [0.25, 0.3) is 0 Å². The van der Waals surface area contributed by atoms with Crippen molar-refractivity contribution in [2.45, 2.75) is 13.5 Å². The first-order valence-electron chi connectivity index (χ1n) is 5.15. The average Bonchev–Trinajstić information content (AvgIpc) is 2.68. The third kappa shape index (κ3) is 2.54. The van der Waals surface area contributed by atoms with Gasteiger partial charge in [-0.15, -0.1) is 0 Å². The van der Waals surface area contributed by atoms with E-state index in [1.165, 1.54) is 0 Å². The highest BCUT2D eigenvalue weighted by molar-refractivity contribution is 7.11. The molecule has 2 aromatic rings. The van der Waals surface area contributed by atoms with Gasteiger partial charge >= 0.3 is 0 Å². The maximum atomic E-state index is 11.2. The van der Waals surface area contributed by atoms with Crippen molar-refractivity contribution < 1.29 is 4.79 Å². The smallest absolute Gasteiger partial charge is 0.255 e. The number of aryl methyl sites for hydroxylation is 1. The molecule has 8 heteroatoms. The van der Waals surface area contributed by atoms with Crippen LogP contribution in [0.3, 0.4) is 0 Å². The molecule has 0 unspecified atom stereocenters. The third-order valence-corrected chi connectivity index (χ3v) is 3.05. The lowest BCUT2D eigenvalue weighted by Gasteiger charge is -2.04. The SMILES string of the molecule is Cc1nccc(CNc2snc(N)c2C(N)=O)n1. The van der Waals surface area contributed by atoms with Crippen LogP contribution in [0.15, 0.2) is 12.3 Å². The molecule has 2 aromatic heterocycles. The summed E-state index contributed by atoms with van der Waals surface area (Å²) in [5.41, 5.74) is 11.8. The van der Waals surface area contributed by atoms with Crippen molar-refractivity contribution in [3.63, 3.8) is 0 Å². The van der Waals surface area contributed by atoms with E-state index in [4.69, 9.17) is 11.5 Å². The predicted octanol–water partition coefficient (Wildman–Crippen LogP) is 0.535. The summed E-state index contributed by atoms with van der Waals surface area (Å²) in [6.45, 7) is 2.26. The van der Waals surface area contributed by atoms with Crippen LogP contribution in [0, 0.1) is 6.92 Å². The Balaban J connectivity index is 2.13. The molecule has 0 radical (unpaired) electrons. The van der Waals surface area contributed by atoms with Crippen molar-refractivity contribution in [2.75, 3.05) is 11.1 Å². The largest absolute Gasteiger partial charge is 0.382 e. The van der Waals surface area contributed by atoms with E-state index in [1.54, 1.807) is 12.3 Å². The minimum atomic E-state index is -0.595. The summed E-state index contributed by atoms with van der Waals surface area (Å²) in [4.78, 5) is 19.4. The third-order valence-electron chi connectivity index (χ3n) is 2.23. The minimum Gasteiger partial charge on any atom is -0.382 e. The molecule has 5 N–H and O–H groups in total. The summed E-state index contributed by atoms with van der Waals surface area (Å²) in [6.07, 6.45) is 1.68. The zero-order valence-corrected chi connectivity index (χ0v) is 10.5. The highest BCUT2D eigenvalue weighted by Gasteiger charge is 2.16. The van der Waals surface area contributed by atoms with Gasteiger partial charge in [-0.25, -0.2) is 9.97 Å². The van der Waals surface area contributed by atoms with Crippen molar-refractivity contribution in [3.8, 4) is 0 Å². The predicted molar refractivity (Wildman–Crippen MR) is 69.1 cm³/mol. The van der Waals surface area contributed by atoms with Crippen LogP contribution in [-0.4, -0.2) is 20.2 Å². The number of carbonyl (C=O) groups excluding carboxylic acids is 1. The summed E-state index contributed by atoms with van der Waals surface area (Å²) in [6, 6.07) is 1.79. The van der Waals surface area contributed by atoms with E-state index in [-0.39, 0.29) is 11.4 Å². The van der Waals surface area contributed by atoms with E-state index in [1.807, 2.05) is 6.92 Å². The van der Waals surface area contributed by atoms with Crippen LogP contribution in [0.1, 0.15) is 21.9 Å². The molecule has 0 aliphatic heterocycles. The van der Waals surface area contributed by atoms with Crippen molar-refractivity contribution in [1.29, 1.82) is 0 Å². The Morgan fingerprint density at radius 3 is 3.00 bits per heavy atom. The summed E-state index contributed by atoms with van der Waals surface area (Å²) in [5, 5.41) is 3.60. The Hall–Kier alpha value is -2.22. The summed E-state index contributed by atoms with van der Waals surface area (Å²) < 4.78 is 3.89. The number of nitrogens with one attached hydrogen (secondary N) is 1. The van der Waals surface area contributed by atoms with Gasteiger partial charge in [0, 0.05) is 6.20 Å². The van der Waals surface area contributed by atoms with Crippen LogP contribution in [0.5, 0.6) is 0 Å². The normalized spacial score (nSPS) is 10.3. The van der Waals surface area contributed by atoms with E-state index >= 15 is 0 Å². The lowest BCUT2D eigenvalue weighted by atomic mass is 10.3. The number of aromatic nitrogens is 3. The quantitative estimate of drug-likeness (QED) is 0.741. The number of nitrogens with two attached hydrogens (primary N) is 2. The van der Waals surface area contributed by atoms with E-state index in [2.05, 4.69) is 19.7 Å². The number of primary amides is 1. The van der Waals surface area contributed by atoms with Gasteiger partial charge in [0.1, 0.15) is 16.4 Å². The van der Waals surface area contributed by atoms with Crippen LogP contribution in [-0.2, 0) is 6.54 Å². The van der Waals surface area contributed by atoms with E-state index in [9.17, 15) is 4.79 Å². The Morgan fingerprint density at radius 2 is 2.33 bits per heavy atom. The van der Waals surface area contributed by atoms with Crippen molar-refractivity contribution in [3.05, 3.63) is 29.3 Å². The van der Waals surface area contributed by atoms with Crippen LogP contribution >= 0.6 is 11.5 Å². The lowest BCUT2D eigenvalue weighted by molar-refractivity contribution is 0.100. The molecule has 0 fully saturated rings. The van der Waals surface area contributed by atoms with Crippen molar-refractivity contribution >= 4 is 28.3 Å². The molecule has 1 amide bonds. The molecule has 0 saturated carbocycles. The van der Waals surface area contributed by atoms with E-state index < -0.39 is 5.91 Å². The van der Waals surface area contributed by atoms with E-state index in [0.717, 1.165) is 17.2 Å². The van der Waals surface area contributed by atoms with Gasteiger partial charge in [0.15, 0.2) is 5.82 Å². The minimum absolute atomic E-state index is 0.147. The monoisotopic (exact) mass is 264 g/mol. The number of carbonyl (C=O) groups is 1. The molecule has 0 saturated heterocycles. The number of nitrogen functional groups attached to an aromatic ring is 1. The van der Waals surface area contributed by atoms with Gasteiger partial charge in [-0.3, -0.25) is 4.79 Å². The second kappa shape index (κ2) is 4.96. The second-order valence-electron chi connectivity index (χ2n) is 3.58. The molecular weight excluding hydrogens is 252 g/mol. The maximum Gasteiger partial charge on any atom is 0.255 e. The Bertz CT molecular complexity index is 581. The van der Waals surface area contributed by atoms with Gasteiger partial charge in [-0.2, -0.15) is 4.37 Å². The number of nitrogens with zero attached hydrogens (tertiary/aromatic N) is 3. The fraction of sp³-hybridized carbons (Fsp3) is 0.200. The maximum absolute atomic E-state index is 11.2. The number of hydrogen-bond acceptors (Lipinski definition) is 7. The first kappa shape index (κ1) is 12.2. The average molecular weight is 264 g/mol. The van der Waals surface area contributed by atoms with Gasteiger partial charge in [-0.05, 0) is 24.5 Å². The molecule has 0 bridgehead atoms. The van der Waals surface area contributed by atoms with Gasteiger partial charge in [0.25, 0.3) is 5.91 Å². The molecular formula is C10H12N6OS. The fourth-order valence-electron chi connectivity index (χ4n) is 1.44. The molecule has 0 atom stereocenters. The summed E-state index contributed by atoms with van der Waals surface area (Å²) in [5.74, 6) is 0.240. The molecule has 0 aliphatic rings. The molecule has 2 heterocycles. The molecule has 0 aromatic carbocycles. The van der Waals surface area contributed by atoms with Crippen molar-refractivity contribution in [2.24, 2.45) is 5.73 Å². The standard InChI is InChI=1S/C10H12N6OS/c1-5-13-3-2-6(15-5)4-14-10-7(9(12)17)8(11)16-18-10/h2-3,14H,4H2,1H3,(H2,11,16)(H2,12,17). The number of hydrogen-bond donors (Lipinski definition) is 3. The fourth-order valence-corrected chi connectivity index (χ4v) is 2.15. The zero-order chi connectivity index (χ0) is 13.1. The van der Waals surface area contributed by atoms with Gasteiger partial charge < -0.3 is 16.8 Å². The Morgan fingerprint density at radius 1 is 1.56 bits per heavy atom. The zero-order valence-electron chi connectivity index (χ0n) is 9.67. The molecule has 2 rings (SSSR count). The highest BCUT2D eigenvalue weighted by atomic mass is 32.1. The second-order valence-corrected chi connectivity index (χ2v) is 4.36. The number of anilines is 2. The number of rotatable bonds is 4. The first-order valence-corrected chi connectivity index (χ1v) is 5.92. The molecule has 0 aliphatic carbocycles. The molecule has 94 valence electrons. The van der Waals surface area contributed by atoms with Crippen LogP contribution in [0.2, 0.25) is 0 Å². The lowest BCUT2D eigenvalue weighted by Crippen LogP contribution is -2.15. The first-order chi connectivity index (χ1) is 8.58. The topological polar surface area (TPSA) is 120 Å². The Kier molecular flexibility index (Phi) is 3.38. The van der Waals surface area contributed by atoms with Gasteiger partial charge in [-0.1, -0.05) is 0 Å². The van der Waals surface area contributed by atoms with Crippen LogP contribution in [0.4, 0.5) is 10.8 Å². The number of amides is 1. The molecule has 7 nitrogen and oxygen atoms in total. The van der Waals surface area contributed by atoms with E-state index in [0.29, 0.717) is 17.4 Å². The van der Waals surface area contributed by atoms with Crippen LogP contribution < -0.4 is 16.8 Å². The molecule has 18 heavy (non-hydrogen) atoms.